The van der Waals surface area contributed by atoms with Crippen LogP contribution >= 0.6 is 0 Å². The molecule has 76 valence electrons. The molecule has 1 aliphatic carbocycles. The summed E-state index contributed by atoms with van der Waals surface area (Å²) in [6, 6.07) is 10.7. The van der Waals surface area contributed by atoms with Gasteiger partial charge in [-0.15, -0.1) is 0 Å². The summed E-state index contributed by atoms with van der Waals surface area (Å²) >= 11 is 0. The molecule has 0 radical (unpaired) electrons. The summed E-state index contributed by atoms with van der Waals surface area (Å²) in [5.41, 5.74) is 2.79. The lowest BCUT2D eigenvalue weighted by molar-refractivity contribution is 0.915. The number of allylic oxidation sites excluding steroid dienone is 6. The molecular weight excluding hydrogens is 180 g/mol. The summed E-state index contributed by atoms with van der Waals surface area (Å²) in [5.74, 6) is 0.488. The second-order valence-electron chi connectivity index (χ2n) is 3.86. The van der Waals surface area contributed by atoms with Crippen LogP contribution in [0.4, 0.5) is 0 Å². The summed E-state index contributed by atoms with van der Waals surface area (Å²) < 4.78 is 0. The minimum absolute atomic E-state index is 0.488. The lowest BCUT2D eigenvalue weighted by Crippen LogP contribution is -1.95. The maximum absolute atomic E-state index is 2.30. The highest BCUT2D eigenvalue weighted by Crippen LogP contribution is 2.25. The van der Waals surface area contributed by atoms with Gasteiger partial charge in [0, 0.05) is 5.92 Å². The smallest absolute Gasteiger partial charge is 0.00579 e. The van der Waals surface area contributed by atoms with Crippen molar-refractivity contribution < 1.29 is 0 Å². The molecule has 0 saturated heterocycles. The minimum atomic E-state index is 0.488. The van der Waals surface area contributed by atoms with E-state index < -0.39 is 0 Å². The SMILES string of the molecule is CC(C1=CCC=CC=C1)c1ccccc1. The van der Waals surface area contributed by atoms with Crippen LogP contribution in [0, 0.1) is 0 Å². The third kappa shape index (κ3) is 2.47. The topological polar surface area (TPSA) is 0 Å². The predicted molar refractivity (Wildman–Crippen MR) is 65.8 cm³/mol. The largest absolute Gasteiger partial charge is 0.0807 e. The number of benzene rings is 1. The highest BCUT2D eigenvalue weighted by Gasteiger charge is 2.08. The van der Waals surface area contributed by atoms with Gasteiger partial charge in [-0.25, -0.2) is 0 Å². The maximum atomic E-state index is 2.30. The molecule has 0 aliphatic heterocycles. The highest BCUT2D eigenvalue weighted by molar-refractivity contribution is 5.36. The Kier molecular flexibility index (Phi) is 3.18. The van der Waals surface area contributed by atoms with Crippen molar-refractivity contribution in [2.45, 2.75) is 19.3 Å². The molecule has 0 saturated carbocycles. The van der Waals surface area contributed by atoms with Crippen molar-refractivity contribution in [2.75, 3.05) is 0 Å². The van der Waals surface area contributed by atoms with Crippen molar-refractivity contribution in [1.29, 1.82) is 0 Å². The first-order valence-electron chi connectivity index (χ1n) is 5.46. The minimum Gasteiger partial charge on any atom is -0.0807 e. The molecule has 0 aromatic heterocycles. The van der Waals surface area contributed by atoms with Crippen LogP contribution < -0.4 is 0 Å². The molecule has 15 heavy (non-hydrogen) atoms. The van der Waals surface area contributed by atoms with Crippen LogP contribution in [0.3, 0.4) is 0 Å². The monoisotopic (exact) mass is 196 g/mol. The van der Waals surface area contributed by atoms with Gasteiger partial charge in [-0.05, 0) is 17.6 Å². The van der Waals surface area contributed by atoms with Crippen LogP contribution in [0.15, 0.2) is 66.3 Å². The van der Waals surface area contributed by atoms with Gasteiger partial charge < -0.3 is 0 Å². The maximum Gasteiger partial charge on any atom is 0.00579 e. The average molecular weight is 196 g/mol. The molecule has 2 rings (SSSR count). The Morgan fingerprint density at radius 1 is 1.07 bits per heavy atom. The van der Waals surface area contributed by atoms with Crippen LogP contribution in [0.2, 0.25) is 0 Å². The molecule has 0 bridgehead atoms. The Labute approximate surface area is 91.6 Å². The number of hydrogen-bond acceptors (Lipinski definition) is 0. The van der Waals surface area contributed by atoms with Gasteiger partial charge >= 0.3 is 0 Å². The van der Waals surface area contributed by atoms with Gasteiger partial charge in [0.1, 0.15) is 0 Å². The van der Waals surface area contributed by atoms with Gasteiger partial charge in [-0.2, -0.15) is 0 Å². The lowest BCUT2D eigenvalue weighted by atomic mass is 9.92. The van der Waals surface area contributed by atoms with Crippen molar-refractivity contribution in [3.8, 4) is 0 Å². The summed E-state index contributed by atoms with van der Waals surface area (Å²) in [7, 11) is 0. The third-order valence-corrected chi connectivity index (χ3v) is 2.83. The van der Waals surface area contributed by atoms with Crippen LogP contribution in [-0.2, 0) is 0 Å². The second-order valence-corrected chi connectivity index (χ2v) is 3.86. The molecule has 0 nitrogen and oxygen atoms in total. The van der Waals surface area contributed by atoms with Crippen molar-refractivity contribution in [2.24, 2.45) is 0 Å². The predicted octanol–water partition coefficient (Wildman–Crippen LogP) is 4.23. The van der Waals surface area contributed by atoms with Gasteiger partial charge in [0.05, 0.1) is 0 Å². The van der Waals surface area contributed by atoms with Gasteiger partial charge in [0.15, 0.2) is 0 Å². The Morgan fingerprint density at radius 2 is 1.87 bits per heavy atom. The zero-order valence-corrected chi connectivity index (χ0v) is 9.06. The molecular formula is C15H16. The lowest BCUT2D eigenvalue weighted by Gasteiger charge is -2.12. The van der Waals surface area contributed by atoms with E-state index in [0.717, 1.165) is 6.42 Å². The number of rotatable bonds is 2. The Hall–Kier alpha value is -1.56. The number of hydrogen-bond donors (Lipinski definition) is 0. The summed E-state index contributed by atoms with van der Waals surface area (Å²) in [6.07, 6.45) is 12.0. The van der Waals surface area contributed by atoms with E-state index in [0.29, 0.717) is 5.92 Å². The zero-order valence-electron chi connectivity index (χ0n) is 9.06. The van der Waals surface area contributed by atoms with E-state index in [1.807, 2.05) is 0 Å². The van der Waals surface area contributed by atoms with Crippen LogP contribution in [0.25, 0.3) is 0 Å². The standard InChI is InChI=1S/C15H16/c1-13(15-11-7-4-8-12-15)14-9-5-2-3-6-10-14/h2-5,7-13H,6H2,1H3. The molecule has 1 aromatic carbocycles. The fraction of sp³-hybridized carbons (Fsp3) is 0.200. The Balaban J connectivity index is 2.21. The van der Waals surface area contributed by atoms with E-state index in [1.54, 1.807) is 0 Å². The summed E-state index contributed by atoms with van der Waals surface area (Å²) in [5, 5.41) is 0. The average Bonchev–Trinajstić information content (AvgIpc) is 2.58. The van der Waals surface area contributed by atoms with E-state index in [1.165, 1.54) is 11.1 Å². The van der Waals surface area contributed by atoms with Gasteiger partial charge in [0.2, 0.25) is 0 Å². The normalized spacial score (nSPS) is 17.0. The first kappa shape index (κ1) is 9.97. The van der Waals surface area contributed by atoms with Gasteiger partial charge in [-0.3, -0.25) is 0 Å². The van der Waals surface area contributed by atoms with Crippen LogP contribution in [0.5, 0.6) is 0 Å². The second kappa shape index (κ2) is 4.79. The van der Waals surface area contributed by atoms with E-state index in [2.05, 4.69) is 67.6 Å². The molecule has 1 atom stereocenters. The fourth-order valence-corrected chi connectivity index (χ4v) is 1.85. The molecule has 1 aromatic rings. The van der Waals surface area contributed by atoms with Gasteiger partial charge in [-0.1, -0.05) is 67.6 Å². The van der Waals surface area contributed by atoms with Crippen molar-refractivity contribution >= 4 is 0 Å². The van der Waals surface area contributed by atoms with Crippen molar-refractivity contribution in [1.82, 2.24) is 0 Å². The molecule has 0 N–H and O–H groups in total. The van der Waals surface area contributed by atoms with E-state index in [-0.39, 0.29) is 0 Å². The molecule has 0 heteroatoms. The first-order valence-corrected chi connectivity index (χ1v) is 5.46. The molecule has 1 aliphatic rings. The molecule has 0 amide bonds. The molecule has 0 fully saturated rings. The van der Waals surface area contributed by atoms with Gasteiger partial charge in [0.25, 0.3) is 0 Å². The molecule has 0 spiro atoms. The first-order chi connectivity index (χ1) is 7.38. The van der Waals surface area contributed by atoms with E-state index >= 15 is 0 Å². The van der Waals surface area contributed by atoms with E-state index in [4.69, 9.17) is 0 Å². The third-order valence-electron chi connectivity index (χ3n) is 2.83. The fourth-order valence-electron chi connectivity index (χ4n) is 1.85. The highest BCUT2D eigenvalue weighted by atomic mass is 14.1. The Morgan fingerprint density at radius 3 is 2.67 bits per heavy atom. The van der Waals surface area contributed by atoms with Crippen molar-refractivity contribution in [3.05, 3.63) is 71.8 Å². The molecule has 1 unspecified atom stereocenters. The quantitative estimate of drug-likeness (QED) is 0.664. The van der Waals surface area contributed by atoms with E-state index in [9.17, 15) is 0 Å². The zero-order chi connectivity index (χ0) is 10.5. The van der Waals surface area contributed by atoms with Crippen LogP contribution in [0.1, 0.15) is 24.8 Å². The summed E-state index contributed by atoms with van der Waals surface area (Å²) in [4.78, 5) is 0. The Bertz CT molecular complexity index is 393. The molecule has 0 heterocycles. The van der Waals surface area contributed by atoms with Crippen LogP contribution in [-0.4, -0.2) is 0 Å². The van der Waals surface area contributed by atoms with Crippen molar-refractivity contribution in [3.63, 3.8) is 0 Å². The summed E-state index contributed by atoms with van der Waals surface area (Å²) in [6.45, 7) is 2.26.